The molecule has 4 atom stereocenters. The van der Waals surface area contributed by atoms with E-state index in [1.165, 1.54) is 32.1 Å². The van der Waals surface area contributed by atoms with Crippen LogP contribution in [0, 0.1) is 23.7 Å². The first kappa shape index (κ1) is 6.22. The molecule has 60 valence electrons. The van der Waals surface area contributed by atoms with E-state index in [1.54, 1.807) is 0 Å². The van der Waals surface area contributed by atoms with Crippen molar-refractivity contribution in [1.82, 2.24) is 0 Å². The molecule has 0 aliphatic heterocycles. The van der Waals surface area contributed by atoms with Gasteiger partial charge in [0.1, 0.15) is 5.78 Å². The molecule has 4 rings (SSSR count). The molecule has 0 N–H and O–H groups in total. The molecule has 0 saturated heterocycles. The molecule has 0 spiro atoms. The first-order valence-electron chi connectivity index (χ1n) is 4.91. The van der Waals surface area contributed by atoms with Crippen LogP contribution in [0.15, 0.2) is 0 Å². The fraction of sp³-hybridized carbons (Fsp3) is 0.900. The smallest absolute Gasteiger partial charge is 0.139 e. The lowest BCUT2D eigenvalue weighted by Gasteiger charge is -2.38. The Labute approximate surface area is 67.2 Å². The van der Waals surface area contributed by atoms with Crippen LogP contribution in [0.3, 0.4) is 0 Å². The van der Waals surface area contributed by atoms with Crippen LogP contribution in [0.1, 0.15) is 32.1 Å². The largest absolute Gasteiger partial charge is 0.299 e. The second-order valence-electron chi connectivity index (χ2n) is 4.47. The Hall–Kier alpha value is -0.330. The third-order valence-electron chi connectivity index (χ3n) is 4.14. The quantitative estimate of drug-likeness (QED) is 0.516. The Morgan fingerprint density at radius 2 is 2.00 bits per heavy atom. The van der Waals surface area contributed by atoms with E-state index in [0.717, 1.165) is 11.8 Å². The van der Waals surface area contributed by atoms with Gasteiger partial charge in [0.25, 0.3) is 0 Å². The summed E-state index contributed by atoms with van der Waals surface area (Å²) in [6, 6.07) is 0. The molecule has 0 heterocycles. The predicted molar refractivity (Wildman–Crippen MR) is 42.1 cm³/mol. The fourth-order valence-electron chi connectivity index (χ4n) is 3.63. The van der Waals surface area contributed by atoms with E-state index in [-0.39, 0.29) is 0 Å². The number of carbonyl (C=O) groups excluding carboxylic acids is 1. The third-order valence-corrected chi connectivity index (χ3v) is 4.14. The van der Waals surface area contributed by atoms with Gasteiger partial charge >= 0.3 is 0 Å². The summed E-state index contributed by atoms with van der Waals surface area (Å²) in [4.78, 5) is 11.5. The van der Waals surface area contributed by atoms with Crippen LogP contribution in [0.2, 0.25) is 0 Å². The molecule has 1 nitrogen and oxygen atoms in total. The van der Waals surface area contributed by atoms with Crippen molar-refractivity contribution >= 4 is 5.78 Å². The molecular weight excluding hydrogens is 136 g/mol. The second kappa shape index (κ2) is 1.88. The topological polar surface area (TPSA) is 17.1 Å². The summed E-state index contributed by atoms with van der Waals surface area (Å²) in [6.07, 6.45) is 6.62. The SMILES string of the molecule is O=C1[C@H]2[C@@H]3CCC[C@H]1[C@H]2CC3. The molecule has 0 unspecified atom stereocenters. The van der Waals surface area contributed by atoms with E-state index >= 15 is 0 Å². The average Bonchev–Trinajstić information content (AvgIpc) is 2.11. The van der Waals surface area contributed by atoms with Gasteiger partial charge in [-0.05, 0) is 37.5 Å². The third kappa shape index (κ3) is 0.605. The van der Waals surface area contributed by atoms with Crippen LogP contribution >= 0.6 is 0 Å². The molecule has 1 heteroatoms. The van der Waals surface area contributed by atoms with E-state index in [9.17, 15) is 4.79 Å². The number of fused-ring (bicyclic) bond motifs is 2. The van der Waals surface area contributed by atoms with Crippen molar-refractivity contribution in [3.63, 3.8) is 0 Å². The molecule has 4 aliphatic rings. The molecule has 11 heavy (non-hydrogen) atoms. The number of ketones is 1. The van der Waals surface area contributed by atoms with E-state index in [4.69, 9.17) is 0 Å². The highest BCUT2D eigenvalue weighted by molar-refractivity contribution is 5.91. The van der Waals surface area contributed by atoms with E-state index in [0.29, 0.717) is 17.6 Å². The Morgan fingerprint density at radius 1 is 1.09 bits per heavy atom. The van der Waals surface area contributed by atoms with Crippen LogP contribution < -0.4 is 0 Å². The average molecular weight is 150 g/mol. The van der Waals surface area contributed by atoms with Crippen molar-refractivity contribution in [3.8, 4) is 0 Å². The van der Waals surface area contributed by atoms with Gasteiger partial charge in [0.05, 0.1) is 0 Å². The first-order chi connectivity index (χ1) is 5.38. The Kier molecular flexibility index (Phi) is 1.06. The minimum Gasteiger partial charge on any atom is -0.299 e. The summed E-state index contributed by atoms with van der Waals surface area (Å²) < 4.78 is 0. The summed E-state index contributed by atoms with van der Waals surface area (Å²) in [5.74, 6) is 3.35. The van der Waals surface area contributed by atoms with E-state index < -0.39 is 0 Å². The molecular formula is C10H14O. The molecule has 0 amide bonds. The van der Waals surface area contributed by atoms with Gasteiger partial charge in [-0.3, -0.25) is 4.79 Å². The van der Waals surface area contributed by atoms with Crippen LogP contribution in [0.5, 0.6) is 0 Å². The molecule has 0 aromatic carbocycles. The zero-order valence-corrected chi connectivity index (χ0v) is 6.75. The minimum absolute atomic E-state index is 0.521. The van der Waals surface area contributed by atoms with E-state index in [2.05, 4.69) is 0 Å². The summed E-state index contributed by atoms with van der Waals surface area (Å²) >= 11 is 0. The lowest BCUT2D eigenvalue weighted by Crippen LogP contribution is -2.44. The van der Waals surface area contributed by atoms with Crippen molar-refractivity contribution in [2.24, 2.45) is 23.7 Å². The minimum atomic E-state index is 0.521. The highest BCUT2D eigenvalue weighted by Crippen LogP contribution is 2.57. The standard InChI is InChI=1S/C10H14O/c11-10-8-3-1-2-6-4-5-7(8)9(6)10/h6-9H,1-5H2/t6-,7-,8+,9+/m1/s1. The van der Waals surface area contributed by atoms with Crippen LogP contribution in [-0.2, 0) is 4.79 Å². The summed E-state index contributed by atoms with van der Waals surface area (Å²) in [5, 5.41) is 0. The van der Waals surface area contributed by atoms with Crippen LogP contribution in [0.4, 0.5) is 0 Å². The molecule has 4 aliphatic carbocycles. The maximum Gasteiger partial charge on any atom is 0.139 e. The summed E-state index contributed by atoms with van der Waals surface area (Å²) in [5.41, 5.74) is 0. The maximum absolute atomic E-state index is 11.5. The highest BCUT2D eigenvalue weighted by Gasteiger charge is 2.56. The number of hydrogen-bond donors (Lipinski definition) is 0. The first-order valence-corrected chi connectivity index (χ1v) is 4.91. The van der Waals surface area contributed by atoms with E-state index in [1.807, 2.05) is 0 Å². The van der Waals surface area contributed by atoms with Gasteiger partial charge in [-0.1, -0.05) is 6.42 Å². The van der Waals surface area contributed by atoms with Gasteiger partial charge in [0.2, 0.25) is 0 Å². The zero-order valence-electron chi connectivity index (χ0n) is 6.75. The molecule has 0 radical (unpaired) electrons. The molecule has 4 saturated carbocycles. The van der Waals surface area contributed by atoms with Gasteiger partial charge in [-0.2, -0.15) is 0 Å². The van der Waals surface area contributed by atoms with Gasteiger partial charge in [-0.25, -0.2) is 0 Å². The Morgan fingerprint density at radius 3 is 2.91 bits per heavy atom. The van der Waals surface area contributed by atoms with Crippen LogP contribution in [-0.4, -0.2) is 5.78 Å². The molecule has 4 fully saturated rings. The van der Waals surface area contributed by atoms with Gasteiger partial charge in [0.15, 0.2) is 0 Å². The zero-order chi connectivity index (χ0) is 7.42. The van der Waals surface area contributed by atoms with Gasteiger partial charge in [-0.15, -0.1) is 0 Å². The number of rotatable bonds is 0. The highest BCUT2D eigenvalue weighted by atomic mass is 16.1. The van der Waals surface area contributed by atoms with Crippen molar-refractivity contribution in [3.05, 3.63) is 0 Å². The Bertz CT molecular complexity index is 203. The van der Waals surface area contributed by atoms with Gasteiger partial charge < -0.3 is 0 Å². The maximum atomic E-state index is 11.5. The molecule has 4 bridgehead atoms. The van der Waals surface area contributed by atoms with Crippen LogP contribution in [0.25, 0.3) is 0 Å². The van der Waals surface area contributed by atoms with Crippen molar-refractivity contribution in [1.29, 1.82) is 0 Å². The van der Waals surface area contributed by atoms with Gasteiger partial charge in [0, 0.05) is 11.8 Å². The van der Waals surface area contributed by atoms with Crippen molar-refractivity contribution in [2.75, 3.05) is 0 Å². The Balaban J connectivity index is 1.98. The summed E-state index contributed by atoms with van der Waals surface area (Å²) in [6.45, 7) is 0. The summed E-state index contributed by atoms with van der Waals surface area (Å²) in [7, 11) is 0. The number of carbonyl (C=O) groups is 1. The van der Waals surface area contributed by atoms with Crippen molar-refractivity contribution < 1.29 is 4.79 Å². The predicted octanol–water partition coefficient (Wildman–Crippen LogP) is 2.01. The lowest BCUT2D eigenvalue weighted by molar-refractivity contribution is -0.141. The molecule has 0 aromatic rings. The monoisotopic (exact) mass is 150 g/mol. The second-order valence-corrected chi connectivity index (χ2v) is 4.47. The normalized spacial score (nSPS) is 53.6. The lowest BCUT2D eigenvalue weighted by atomic mass is 9.64. The molecule has 0 aromatic heterocycles. The number of hydrogen-bond acceptors (Lipinski definition) is 1. The van der Waals surface area contributed by atoms with Crippen molar-refractivity contribution in [2.45, 2.75) is 32.1 Å². The fourth-order valence-corrected chi connectivity index (χ4v) is 3.63. The number of Topliss-reactive ketones (excluding diaryl/α,β-unsaturated/α-hetero) is 1.